The van der Waals surface area contributed by atoms with Crippen LogP contribution >= 0.6 is 43.2 Å². The van der Waals surface area contributed by atoms with E-state index in [1.165, 1.54) is 11.3 Å². The maximum atomic E-state index is 13.8. The molecule has 5 heteroatoms. The van der Waals surface area contributed by atoms with Gasteiger partial charge in [0.05, 0.1) is 9.35 Å². The maximum absolute atomic E-state index is 13.8. The number of hydrogen-bond donors (Lipinski definition) is 1. The lowest BCUT2D eigenvalue weighted by Crippen LogP contribution is -2.01. The third kappa shape index (κ3) is 2.22. The number of aliphatic hydroxyl groups excluding tert-OH is 1. The average Bonchev–Trinajstić information content (AvgIpc) is 2.68. The Hall–Kier alpha value is -0.230. The summed E-state index contributed by atoms with van der Waals surface area (Å²) in [5, 5.41) is 11.9. The first-order valence-electron chi connectivity index (χ1n) is 4.46. The molecule has 0 amide bonds. The van der Waals surface area contributed by atoms with Crippen molar-refractivity contribution < 1.29 is 9.50 Å². The molecule has 1 N–H and O–H groups in total. The van der Waals surface area contributed by atoms with Crippen LogP contribution < -0.4 is 0 Å². The van der Waals surface area contributed by atoms with Gasteiger partial charge in [0.1, 0.15) is 11.9 Å². The quantitative estimate of drug-likeness (QED) is 0.831. The highest BCUT2D eigenvalue weighted by Gasteiger charge is 2.19. The number of hydrogen-bond acceptors (Lipinski definition) is 2. The van der Waals surface area contributed by atoms with Gasteiger partial charge in [-0.15, -0.1) is 11.3 Å². The van der Waals surface area contributed by atoms with Crippen molar-refractivity contribution in [1.82, 2.24) is 0 Å². The molecule has 0 saturated heterocycles. The predicted octanol–water partition coefficient (Wildman–Crippen LogP) is 4.49. The van der Waals surface area contributed by atoms with Crippen LogP contribution in [0.3, 0.4) is 0 Å². The van der Waals surface area contributed by atoms with E-state index in [9.17, 15) is 9.50 Å². The van der Waals surface area contributed by atoms with Gasteiger partial charge in [-0.2, -0.15) is 0 Å². The van der Waals surface area contributed by atoms with Gasteiger partial charge in [0.15, 0.2) is 0 Å². The fourth-order valence-electron chi connectivity index (χ4n) is 1.37. The first kappa shape index (κ1) is 12.2. The number of thiophene rings is 1. The van der Waals surface area contributed by atoms with Gasteiger partial charge in [0, 0.05) is 10.0 Å². The second-order valence-corrected chi connectivity index (χ2v) is 5.83. The van der Waals surface area contributed by atoms with Crippen molar-refractivity contribution >= 4 is 43.2 Å². The highest BCUT2D eigenvalue weighted by atomic mass is 79.9. The highest BCUT2D eigenvalue weighted by Crippen LogP contribution is 2.35. The summed E-state index contributed by atoms with van der Waals surface area (Å²) in [7, 11) is 0. The Morgan fingerprint density at radius 2 is 1.94 bits per heavy atom. The molecule has 16 heavy (non-hydrogen) atoms. The first-order valence-corrected chi connectivity index (χ1v) is 6.92. The van der Waals surface area contributed by atoms with E-state index in [2.05, 4.69) is 31.9 Å². The predicted molar refractivity (Wildman–Crippen MR) is 70.2 cm³/mol. The molecule has 1 aromatic heterocycles. The Balaban J connectivity index is 2.46. The normalized spacial score (nSPS) is 12.8. The molecular weight excluding hydrogens is 359 g/mol. The van der Waals surface area contributed by atoms with Gasteiger partial charge in [0.25, 0.3) is 0 Å². The van der Waals surface area contributed by atoms with Crippen molar-refractivity contribution in [3.63, 3.8) is 0 Å². The lowest BCUT2D eigenvalue weighted by Gasteiger charge is -2.11. The molecule has 0 radical (unpaired) electrons. The van der Waals surface area contributed by atoms with Gasteiger partial charge in [-0.3, -0.25) is 0 Å². The summed E-state index contributed by atoms with van der Waals surface area (Å²) in [5.41, 5.74) is 0.275. The van der Waals surface area contributed by atoms with Crippen LogP contribution in [0.25, 0.3) is 0 Å². The van der Waals surface area contributed by atoms with Crippen LogP contribution in [0.1, 0.15) is 16.5 Å². The summed E-state index contributed by atoms with van der Waals surface area (Å²) in [6.45, 7) is 0. The van der Waals surface area contributed by atoms with Crippen molar-refractivity contribution in [3.8, 4) is 0 Å². The Bertz CT molecular complexity index is 512. The van der Waals surface area contributed by atoms with Crippen molar-refractivity contribution in [1.29, 1.82) is 0 Å². The summed E-state index contributed by atoms with van der Waals surface area (Å²) < 4.78 is 14.9. The van der Waals surface area contributed by atoms with Gasteiger partial charge in [-0.1, -0.05) is 12.1 Å². The van der Waals surface area contributed by atoms with Crippen LogP contribution in [-0.4, -0.2) is 5.11 Å². The van der Waals surface area contributed by atoms with E-state index >= 15 is 0 Å². The SMILES string of the molecule is OC(c1cccc(Br)c1F)c1sccc1Br. The monoisotopic (exact) mass is 364 g/mol. The van der Waals surface area contributed by atoms with Crippen LogP contribution in [0.2, 0.25) is 0 Å². The van der Waals surface area contributed by atoms with E-state index in [-0.39, 0.29) is 5.56 Å². The minimum atomic E-state index is -0.938. The standard InChI is InChI=1S/C11H7Br2FOS/c12-7-3-1-2-6(9(7)14)10(15)11-8(13)4-5-16-11/h1-5,10,15H. The van der Waals surface area contributed by atoms with Gasteiger partial charge in [0.2, 0.25) is 0 Å². The van der Waals surface area contributed by atoms with Crippen LogP contribution in [-0.2, 0) is 0 Å². The molecule has 2 rings (SSSR count). The highest BCUT2D eigenvalue weighted by molar-refractivity contribution is 9.10. The molecule has 1 unspecified atom stereocenters. The second kappa shape index (κ2) is 4.96. The first-order chi connectivity index (χ1) is 7.61. The number of aliphatic hydroxyl groups is 1. The van der Waals surface area contributed by atoms with Crippen LogP contribution in [0.15, 0.2) is 38.6 Å². The molecule has 0 fully saturated rings. The maximum Gasteiger partial charge on any atom is 0.143 e. The largest absolute Gasteiger partial charge is 0.383 e. The number of benzene rings is 1. The number of halogens is 3. The topological polar surface area (TPSA) is 20.2 Å². The van der Waals surface area contributed by atoms with E-state index in [1.54, 1.807) is 18.2 Å². The zero-order valence-electron chi connectivity index (χ0n) is 7.95. The van der Waals surface area contributed by atoms with Crippen molar-refractivity contribution in [3.05, 3.63) is 54.8 Å². The Kier molecular flexibility index (Phi) is 3.79. The summed E-state index contributed by atoms with van der Waals surface area (Å²) in [4.78, 5) is 0.706. The van der Waals surface area contributed by atoms with Crippen LogP contribution in [0, 0.1) is 5.82 Å². The molecule has 1 nitrogen and oxygen atoms in total. The smallest absolute Gasteiger partial charge is 0.143 e. The molecule has 0 spiro atoms. The van der Waals surface area contributed by atoms with Crippen molar-refractivity contribution in [2.75, 3.05) is 0 Å². The third-order valence-corrected chi connectivity index (χ3v) is 4.70. The van der Waals surface area contributed by atoms with E-state index < -0.39 is 11.9 Å². The van der Waals surface area contributed by atoms with Gasteiger partial charge < -0.3 is 5.11 Å². The Morgan fingerprint density at radius 1 is 1.19 bits per heavy atom. The second-order valence-electron chi connectivity index (χ2n) is 3.18. The summed E-state index contributed by atoms with van der Waals surface area (Å²) in [6.07, 6.45) is -0.938. The van der Waals surface area contributed by atoms with Gasteiger partial charge in [-0.05, 0) is 49.4 Å². The van der Waals surface area contributed by atoms with Crippen molar-refractivity contribution in [2.45, 2.75) is 6.10 Å². The lowest BCUT2D eigenvalue weighted by molar-refractivity contribution is 0.218. The van der Waals surface area contributed by atoms with E-state index in [0.29, 0.717) is 9.35 Å². The lowest BCUT2D eigenvalue weighted by atomic mass is 10.1. The molecule has 0 aliphatic heterocycles. The van der Waals surface area contributed by atoms with E-state index in [0.717, 1.165) is 4.47 Å². The van der Waals surface area contributed by atoms with Gasteiger partial charge >= 0.3 is 0 Å². The molecular formula is C11H7Br2FOS. The van der Waals surface area contributed by atoms with E-state index in [4.69, 9.17) is 0 Å². The summed E-state index contributed by atoms with van der Waals surface area (Å²) in [5.74, 6) is -0.421. The molecule has 84 valence electrons. The molecule has 1 heterocycles. The molecule has 0 aliphatic carbocycles. The molecule has 0 saturated carbocycles. The molecule has 1 aromatic carbocycles. The average molecular weight is 366 g/mol. The fraction of sp³-hybridized carbons (Fsp3) is 0.0909. The minimum Gasteiger partial charge on any atom is -0.383 e. The zero-order chi connectivity index (χ0) is 11.7. The Morgan fingerprint density at radius 3 is 2.56 bits per heavy atom. The zero-order valence-corrected chi connectivity index (χ0v) is 11.9. The molecule has 0 bridgehead atoms. The van der Waals surface area contributed by atoms with Gasteiger partial charge in [-0.25, -0.2) is 4.39 Å². The van der Waals surface area contributed by atoms with Crippen LogP contribution in [0.4, 0.5) is 4.39 Å². The molecule has 2 aromatic rings. The van der Waals surface area contributed by atoms with Crippen LogP contribution in [0.5, 0.6) is 0 Å². The fourth-order valence-corrected chi connectivity index (χ4v) is 3.35. The number of rotatable bonds is 2. The Labute approximate surface area is 113 Å². The van der Waals surface area contributed by atoms with E-state index in [1.807, 2.05) is 11.4 Å². The summed E-state index contributed by atoms with van der Waals surface area (Å²) in [6, 6.07) is 6.72. The third-order valence-electron chi connectivity index (χ3n) is 2.17. The minimum absolute atomic E-state index is 0.275. The van der Waals surface area contributed by atoms with Crippen molar-refractivity contribution in [2.24, 2.45) is 0 Å². The molecule has 1 atom stereocenters. The molecule has 0 aliphatic rings. The summed E-state index contributed by atoms with van der Waals surface area (Å²) >= 11 is 7.81.